The van der Waals surface area contributed by atoms with Crippen LogP contribution in [-0.4, -0.2) is 37.0 Å². The smallest absolute Gasteiger partial charge is 0.251 e. The van der Waals surface area contributed by atoms with Crippen LogP contribution in [0.1, 0.15) is 47.5 Å². The minimum atomic E-state index is -0.0263. The van der Waals surface area contributed by atoms with Crippen molar-refractivity contribution in [2.24, 2.45) is 0 Å². The number of hydrogen-bond donors (Lipinski definition) is 1. The van der Waals surface area contributed by atoms with E-state index in [1.165, 1.54) is 24.1 Å². The molecule has 0 aliphatic carbocycles. The summed E-state index contributed by atoms with van der Waals surface area (Å²) in [5.41, 5.74) is 0.673. The number of ether oxygens (including phenoxy) is 1. The Balaban J connectivity index is 0.00000243. The van der Waals surface area contributed by atoms with E-state index in [0.717, 1.165) is 18.8 Å². The number of nitrogens with one attached hydrogen (secondary N) is 1. The lowest BCUT2D eigenvalue weighted by atomic mass is 10.1. The minimum Gasteiger partial charge on any atom is -0.494 e. The Labute approximate surface area is 166 Å². The highest BCUT2D eigenvalue weighted by Gasteiger charge is 2.23. The topological polar surface area (TPSA) is 41.6 Å². The van der Waals surface area contributed by atoms with Gasteiger partial charge in [0.1, 0.15) is 5.75 Å². The molecule has 1 atom stereocenters. The zero-order valence-electron chi connectivity index (χ0n) is 15.1. The fourth-order valence-electron chi connectivity index (χ4n) is 3.28. The molecule has 1 N–H and O–H groups in total. The van der Waals surface area contributed by atoms with Crippen LogP contribution in [0.2, 0.25) is 0 Å². The first-order valence-electron chi connectivity index (χ1n) is 9.06. The van der Waals surface area contributed by atoms with Crippen LogP contribution in [0.4, 0.5) is 0 Å². The number of likely N-dealkylation sites (tertiary alicyclic amines) is 1. The van der Waals surface area contributed by atoms with E-state index in [2.05, 4.69) is 27.7 Å². The van der Waals surface area contributed by atoms with Crippen molar-refractivity contribution < 1.29 is 9.53 Å². The van der Waals surface area contributed by atoms with Gasteiger partial charge in [0.25, 0.3) is 5.91 Å². The van der Waals surface area contributed by atoms with Crippen LogP contribution in [-0.2, 0) is 0 Å². The van der Waals surface area contributed by atoms with Gasteiger partial charge >= 0.3 is 0 Å². The first kappa shape index (κ1) is 20.7. The summed E-state index contributed by atoms with van der Waals surface area (Å²) in [5.74, 6) is 0.769. The average Bonchev–Trinajstić information content (AvgIpc) is 3.18. The Kier molecular flexibility index (Phi) is 8.42. The molecule has 2 heterocycles. The first-order chi connectivity index (χ1) is 12.3. The third-order valence-electron chi connectivity index (χ3n) is 4.59. The molecule has 142 valence electrons. The van der Waals surface area contributed by atoms with Crippen molar-refractivity contribution in [2.75, 3.05) is 26.2 Å². The average molecular weight is 395 g/mol. The Morgan fingerprint density at radius 2 is 1.92 bits per heavy atom. The standard InChI is InChI=1S/C20H26N2O2S.ClH/c1-2-24-17-10-8-16(9-11-17)20(23)21-15-18(19-7-6-14-25-19)22-12-4-3-5-13-22;/h6-11,14,18H,2-5,12-13,15H2,1H3,(H,21,23);1H. The van der Waals surface area contributed by atoms with Gasteiger partial charge in [-0.25, -0.2) is 0 Å². The summed E-state index contributed by atoms with van der Waals surface area (Å²) < 4.78 is 5.43. The summed E-state index contributed by atoms with van der Waals surface area (Å²) in [7, 11) is 0. The quantitative estimate of drug-likeness (QED) is 0.750. The summed E-state index contributed by atoms with van der Waals surface area (Å²) in [6.07, 6.45) is 3.80. The van der Waals surface area contributed by atoms with Crippen molar-refractivity contribution in [3.05, 3.63) is 52.2 Å². The number of halogens is 1. The third-order valence-corrected chi connectivity index (χ3v) is 5.56. The van der Waals surface area contributed by atoms with Gasteiger partial charge in [-0.3, -0.25) is 9.69 Å². The highest BCUT2D eigenvalue weighted by atomic mass is 35.5. The predicted molar refractivity (Wildman–Crippen MR) is 110 cm³/mol. The van der Waals surface area contributed by atoms with Crippen LogP contribution in [0.25, 0.3) is 0 Å². The zero-order chi connectivity index (χ0) is 17.5. The molecule has 1 fully saturated rings. The maximum Gasteiger partial charge on any atom is 0.251 e. The van der Waals surface area contributed by atoms with E-state index in [-0.39, 0.29) is 24.4 Å². The van der Waals surface area contributed by atoms with Gasteiger partial charge in [0.2, 0.25) is 0 Å². The monoisotopic (exact) mass is 394 g/mol. The van der Waals surface area contributed by atoms with Crippen LogP contribution in [0.15, 0.2) is 41.8 Å². The van der Waals surface area contributed by atoms with Gasteiger partial charge in [-0.2, -0.15) is 0 Å². The Hall–Kier alpha value is -1.56. The highest BCUT2D eigenvalue weighted by molar-refractivity contribution is 7.10. The largest absolute Gasteiger partial charge is 0.494 e. The number of rotatable bonds is 7. The van der Waals surface area contributed by atoms with E-state index in [1.54, 1.807) is 11.3 Å². The number of benzene rings is 1. The molecule has 1 aromatic carbocycles. The van der Waals surface area contributed by atoms with Gasteiger partial charge in [-0.15, -0.1) is 23.7 Å². The molecule has 3 rings (SSSR count). The van der Waals surface area contributed by atoms with Gasteiger partial charge in [-0.05, 0) is 68.6 Å². The maximum absolute atomic E-state index is 12.5. The lowest BCUT2D eigenvalue weighted by Crippen LogP contribution is -2.40. The van der Waals surface area contributed by atoms with Crippen molar-refractivity contribution in [3.8, 4) is 5.75 Å². The molecule has 4 nitrogen and oxygen atoms in total. The lowest BCUT2D eigenvalue weighted by Gasteiger charge is -2.34. The molecule has 1 aliphatic rings. The number of amides is 1. The number of thiophene rings is 1. The summed E-state index contributed by atoms with van der Waals surface area (Å²) in [5, 5.41) is 5.23. The number of carbonyl (C=O) groups excluding carboxylic acids is 1. The van der Waals surface area contributed by atoms with Crippen LogP contribution in [0, 0.1) is 0 Å². The summed E-state index contributed by atoms with van der Waals surface area (Å²) >= 11 is 1.77. The Morgan fingerprint density at radius 3 is 2.54 bits per heavy atom. The number of hydrogen-bond acceptors (Lipinski definition) is 4. The van der Waals surface area contributed by atoms with Crippen LogP contribution >= 0.6 is 23.7 Å². The maximum atomic E-state index is 12.5. The summed E-state index contributed by atoms with van der Waals surface area (Å²) in [6, 6.07) is 11.9. The SMILES string of the molecule is CCOc1ccc(C(=O)NCC(c2cccs2)N2CCCCC2)cc1.Cl. The fraction of sp³-hybridized carbons (Fsp3) is 0.450. The number of piperidine rings is 1. The molecule has 1 saturated heterocycles. The van der Waals surface area contributed by atoms with Crippen LogP contribution in [0.5, 0.6) is 5.75 Å². The highest BCUT2D eigenvalue weighted by Crippen LogP contribution is 2.27. The van der Waals surface area contributed by atoms with E-state index in [1.807, 2.05) is 31.2 Å². The van der Waals surface area contributed by atoms with Crippen molar-refractivity contribution in [1.82, 2.24) is 10.2 Å². The van der Waals surface area contributed by atoms with Crippen molar-refractivity contribution >= 4 is 29.7 Å². The molecule has 0 radical (unpaired) electrons. The first-order valence-corrected chi connectivity index (χ1v) is 9.94. The normalized spacial score (nSPS) is 15.7. The van der Waals surface area contributed by atoms with Gasteiger partial charge in [0.15, 0.2) is 0 Å². The third kappa shape index (κ3) is 5.47. The fourth-order valence-corrected chi connectivity index (χ4v) is 4.14. The van der Waals surface area contributed by atoms with E-state index in [0.29, 0.717) is 18.7 Å². The number of carbonyl (C=O) groups is 1. The van der Waals surface area contributed by atoms with Gasteiger partial charge in [0, 0.05) is 17.0 Å². The van der Waals surface area contributed by atoms with E-state index < -0.39 is 0 Å². The Bertz CT molecular complexity index is 655. The minimum absolute atomic E-state index is 0. The summed E-state index contributed by atoms with van der Waals surface area (Å²) in [4.78, 5) is 16.3. The van der Waals surface area contributed by atoms with Crippen molar-refractivity contribution in [2.45, 2.75) is 32.2 Å². The van der Waals surface area contributed by atoms with E-state index >= 15 is 0 Å². The molecule has 1 aliphatic heterocycles. The lowest BCUT2D eigenvalue weighted by molar-refractivity contribution is 0.0925. The molecule has 0 saturated carbocycles. The molecule has 0 spiro atoms. The molecule has 0 bridgehead atoms. The van der Waals surface area contributed by atoms with Crippen LogP contribution < -0.4 is 10.1 Å². The second-order valence-corrected chi connectivity index (χ2v) is 7.27. The molecule has 2 aromatic rings. The van der Waals surface area contributed by atoms with Gasteiger partial charge < -0.3 is 10.1 Å². The van der Waals surface area contributed by atoms with Gasteiger partial charge in [0.05, 0.1) is 12.6 Å². The molecule has 26 heavy (non-hydrogen) atoms. The predicted octanol–water partition coefficient (Wildman–Crippen LogP) is 4.53. The Morgan fingerprint density at radius 1 is 1.19 bits per heavy atom. The van der Waals surface area contributed by atoms with E-state index in [4.69, 9.17) is 4.74 Å². The van der Waals surface area contributed by atoms with E-state index in [9.17, 15) is 4.79 Å². The van der Waals surface area contributed by atoms with Crippen molar-refractivity contribution in [3.63, 3.8) is 0 Å². The second kappa shape index (κ2) is 10.6. The molecule has 6 heteroatoms. The van der Waals surface area contributed by atoms with Crippen LogP contribution in [0.3, 0.4) is 0 Å². The number of nitrogens with zero attached hydrogens (tertiary/aromatic N) is 1. The molecule has 1 aromatic heterocycles. The molecule has 1 amide bonds. The molecular weight excluding hydrogens is 368 g/mol. The zero-order valence-corrected chi connectivity index (χ0v) is 16.8. The molecular formula is C20H27ClN2O2S. The summed E-state index contributed by atoms with van der Waals surface area (Å²) in [6.45, 7) is 5.45. The molecule has 1 unspecified atom stereocenters. The second-order valence-electron chi connectivity index (χ2n) is 6.30. The van der Waals surface area contributed by atoms with Gasteiger partial charge in [-0.1, -0.05) is 12.5 Å². The van der Waals surface area contributed by atoms with Crippen molar-refractivity contribution in [1.29, 1.82) is 0 Å².